The van der Waals surface area contributed by atoms with Gasteiger partial charge in [0.25, 0.3) is 0 Å². The van der Waals surface area contributed by atoms with Crippen LogP contribution in [0.2, 0.25) is 0 Å². The Bertz CT molecular complexity index is 1400. The molecule has 0 aliphatic rings. The van der Waals surface area contributed by atoms with Gasteiger partial charge in [-0.25, -0.2) is 0 Å². The highest BCUT2D eigenvalue weighted by Crippen LogP contribution is 2.17. The van der Waals surface area contributed by atoms with Gasteiger partial charge >= 0.3 is 17.9 Å². The lowest BCUT2D eigenvalue weighted by atomic mass is 10.0. The minimum Gasteiger partial charge on any atom is -0.462 e. The lowest BCUT2D eigenvalue weighted by Crippen LogP contribution is -2.30. The molecule has 0 heterocycles. The molecule has 0 saturated carbocycles. The zero-order valence-electron chi connectivity index (χ0n) is 50.5. The zero-order valence-corrected chi connectivity index (χ0v) is 50.5. The van der Waals surface area contributed by atoms with Crippen LogP contribution < -0.4 is 0 Å². The fraction of sp³-hybridized carbons (Fsp3) is 0.786. The molecule has 0 aliphatic carbocycles. The van der Waals surface area contributed by atoms with Crippen molar-refractivity contribution >= 4 is 17.9 Å². The first-order valence-electron chi connectivity index (χ1n) is 32.9. The molecule has 0 fully saturated rings. The number of ether oxygens (including phenoxy) is 3. The van der Waals surface area contributed by atoms with E-state index in [1.165, 1.54) is 199 Å². The third kappa shape index (κ3) is 61.7. The smallest absolute Gasteiger partial charge is 0.306 e. The van der Waals surface area contributed by atoms with Crippen LogP contribution in [0.5, 0.6) is 0 Å². The first kappa shape index (κ1) is 72.8. The number of esters is 3. The highest BCUT2D eigenvalue weighted by molar-refractivity contribution is 5.71. The molecule has 0 spiro atoms. The molecule has 0 aromatic rings. The molecule has 0 aromatic heterocycles. The summed E-state index contributed by atoms with van der Waals surface area (Å²) in [6.07, 6.45) is 83.5. The maximum Gasteiger partial charge on any atom is 0.306 e. The molecule has 0 aromatic carbocycles. The van der Waals surface area contributed by atoms with E-state index in [0.29, 0.717) is 19.3 Å². The lowest BCUT2D eigenvalue weighted by Gasteiger charge is -2.18. The Labute approximate surface area is 472 Å². The van der Waals surface area contributed by atoms with Gasteiger partial charge in [0.2, 0.25) is 0 Å². The third-order valence-electron chi connectivity index (χ3n) is 14.5. The van der Waals surface area contributed by atoms with Gasteiger partial charge in [-0.1, -0.05) is 318 Å². The average molecular weight is 1060 g/mol. The summed E-state index contributed by atoms with van der Waals surface area (Å²) in [6.45, 7) is 6.56. The Hall–Kier alpha value is -3.15. The van der Waals surface area contributed by atoms with Crippen molar-refractivity contribution < 1.29 is 28.6 Å². The van der Waals surface area contributed by atoms with Crippen molar-refractivity contribution in [2.45, 2.75) is 341 Å². The van der Waals surface area contributed by atoms with Crippen LogP contribution in [0, 0.1) is 0 Å². The molecule has 6 nitrogen and oxygen atoms in total. The minimum atomic E-state index is -0.771. The van der Waals surface area contributed by atoms with Crippen LogP contribution in [0.3, 0.4) is 0 Å². The van der Waals surface area contributed by atoms with Crippen molar-refractivity contribution in [3.63, 3.8) is 0 Å². The summed E-state index contributed by atoms with van der Waals surface area (Å²) in [5, 5.41) is 0. The minimum absolute atomic E-state index is 0.0697. The number of hydrogen-bond acceptors (Lipinski definition) is 6. The van der Waals surface area contributed by atoms with Crippen LogP contribution in [-0.2, 0) is 28.6 Å². The summed E-state index contributed by atoms with van der Waals surface area (Å²) < 4.78 is 16.9. The molecular weight excluding hydrogens is 937 g/mol. The van der Waals surface area contributed by atoms with E-state index in [1.807, 2.05) is 0 Å². The summed E-state index contributed by atoms with van der Waals surface area (Å²) in [4.78, 5) is 38.2. The molecule has 0 N–H and O–H groups in total. The summed E-state index contributed by atoms with van der Waals surface area (Å²) in [5.74, 6) is -0.854. The number of rotatable bonds is 60. The highest BCUT2D eigenvalue weighted by Gasteiger charge is 2.19. The van der Waals surface area contributed by atoms with E-state index in [2.05, 4.69) is 93.7 Å². The van der Waals surface area contributed by atoms with E-state index in [4.69, 9.17) is 14.2 Å². The number of unbranched alkanes of at least 4 members (excludes halogenated alkanes) is 37. The first-order valence-corrected chi connectivity index (χ1v) is 32.9. The van der Waals surface area contributed by atoms with E-state index in [0.717, 1.165) is 96.3 Å². The molecule has 0 aliphatic heterocycles. The molecule has 0 saturated heterocycles. The Balaban J connectivity index is 4.15. The maximum absolute atomic E-state index is 12.9. The average Bonchev–Trinajstić information content (AvgIpc) is 3.42. The van der Waals surface area contributed by atoms with Crippen LogP contribution in [-0.4, -0.2) is 37.2 Å². The van der Waals surface area contributed by atoms with Gasteiger partial charge < -0.3 is 14.2 Å². The Morgan fingerprint density at radius 2 is 0.513 bits per heavy atom. The normalized spacial score (nSPS) is 12.5. The van der Waals surface area contributed by atoms with Crippen LogP contribution in [0.15, 0.2) is 72.9 Å². The van der Waals surface area contributed by atoms with Crippen LogP contribution >= 0.6 is 0 Å². The summed E-state index contributed by atoms with van der Waals surface area (Å²) >= 11 is 0. The molecular formula is C70H124O6. The number of carbonyl (C=O) groups is 3. The summed E-state index contributed by atoms with van der Waals surface area (Å²) in [6, 6.07) is 0. The van der Waals surface area contributed by atoms with Crippen molar-refractivity contribution in [1.29, 1.82) is 0 Å². The van der Waals surface area contributed by atoms with E-state index < -0.39 is 6.10 Å². The second-order valence-corrected chi connectivity index (χ2v) is 22.0. The van der Waals surface area contributed by atoms with Gasteiger partial charge in [0.05, 0.1) is 0 Å². The quantitative estimate of drug-likeness (QED) is 0.0261. The van der Waals surface area contributed by atoms with Gasteiger partial charge in [0.1, 0.15) is 13.2 Å². The van der Waals surface area contributed by atoms with Crippen LogP contribution in [0.1, 0.15) is 335 Å². The lowest BCUT2D eigenvalue weighted by molar-refractivity contribution is -0.167. The molecule has 0 rings (SSSR count). The van der Waals surface area contributed by atoms with Gasteiger partial charge in [-0.3, -0.25) is 14.4 Å². The zero-order chi connectivity index (χ0) is 55.0. The van der Waals surface area contributed by atoms with Crippen LogP contribution in [0.4, 0.5) is 0 Å². The molecule has 1 unspecified atom stereocenters. The topological polar surface area (TPSA) is 78.9 Å². The van der Waals surface area contributed by atoms with Gasteiger partial charge in [-0.2, -0.15) is 0 Å². The Kier molecular flexibility index (Phi) is 61.7. The van der Waals surface area contributed by atoms with Crippen molar-refractivity contribution in [1.82, 2.24) is 0 Å². The molecule has 0 amide bonds. The SMILES string of the molecule is CC/C=C\C/C=C\C/C=C\C/C=C\C/C=C\C/C=C\CCCCCCCCCCCCCCC(=O)OCC(COC(=O)CCCCCCCCCCCC)OC(=O)CCCCCCCCCCCCCCCCCCC. The van der Waals surface area contributed by atoms with Gasteiger partial charge in [-0.05, 0) is 70.6 Å². The molecule has 440 valence electrons. The van der Waals surface area contributed by atoms with E-state index in [1.54, 1.807) is 0 Å². The molecule has 6 heteroatoms. The molecule has 0 bridgehead atoms. The predicted octanol–water partition coefficient (Wildman–Crippen LogP) is 22.5. The number of allylic oxidation sites excluding steroid dienone is 12. The van der Waals surface area contributed by atoms with Crippen molar-refractivity contribution in [3.8, 4) is 0 Å². The Morgan fingerprint density at radius 3 is 0.803 bits per heavy atom. The Morgan fingerprint density at radius 1 is 0.276 bits per heavy atom. The van der Waals surface area contributed by atoms with E-state index >= 15 is 0 Å². The molecule has 76 heavy (non-hydrogen) atoms. The number of hydrogen-bond donors (Lipinski definition) is 0. The first-order chi connectivity index (χ1) is 37.5. The van der Waals surface area contributed by atoms with Gasteiger partial charge in [-0.15, -0.1) is 0 Å². The standard InChI is InChI=1S/C70H124O6/c1-4-7-10-13-16-19-22-24-26-28-29-30-31-32-33-34-35-36-37-38-39-40-41-43-44-46-48-51-54-57-60-63-69(72)75-66-67(65-74-68(71)62-59-56-53-50-21-18-15-12-9-6-3)76-70(73)64-61-58-55-52-49-47-45-42-27-25-23-20-17-14-11-8-5-2/h7,10,16,19,24,26,29-30,32-33,35-36,67H,4-6,8-9,11-15,17-18,20-23,25,27-28,31,34,37-66H2,1-3H3/b10-7-,19-16-,26-24-,30-29-,33-32-,36-35-. The van der Waals surface area contributed by atoms with Gasteiger partial charge in [0, 0.05) is 19.3 Å². The summed E-state index contributed by atoms with van der Waals surface area (Å²) in [5.41, 5.74) is 0. The van der Waals surface area contributed by atoms with Crippen molar-refractivity contribution in [3.05, 3.63) is 72.9 Å². The second-order valence-electron chi connectivity index (χ2n) is 22.0. The largest absolute Gasteiger partial charge is 0.462 e. The monoisotopic (exact) mass is 1060 g/mol. The van der Waals surface area contributed by atoms with Crippen molar-refractivity contribution in [2.24, 2.45) is 0 Å². The highest BCUT2D eigenvalue weighted by atomic mass is 16.6. The third-order valence-corrected chi connectivity index (χ3v) is 14.5. The second kappa shape index (κ2) is 64.4. The molecule has 1 atom stereocenters. The summed E-state index contributed by atoms with van der Waals surface area (Å²) in [7, 11) is 0. The van der Waals surface area contributed by atoms with Crippen molar-refractivity contribution in [2.75, 3.05) is 13.2 Å². The van der Waals surface area contributed by atoms with E-state index in [-0.39, 0.29) is 31.1 Å². The fourth-order valence-corrected chi connectivity index (χ4v) is 9.57. The van der Waals surface area contributed by atoms with Crippen LogP contribution in [0.25, 0.3) is 0 Å². The predicted molar refractivity (Wildman–Crippen MR) is 330 cm³/mol. The number of carbonyl (C=O) groups excluding carboxylic acids is 3. The molecule has 0 radical (unpaired) electrons. The van der Waals surface area contributed by atoms with Gasteiger partial charge in [0.15, 0.2) is 6.10 Å². The fourth-order valence-electron chi connectivity index (χ4n) is 9.57. The van der Waals surface area contributed by atoms with E-state index in [9.17, 15) is 14.4 Å². The maximum atomic E-state index is 12.9.